The van der Waals surface area contributed by atoms with E-state index in [-0.39, 0.29) is 0 Å². The Morgan fingerprint density at radius 3 is 2.43 bits per heavy atom. The van der Waals surface area contributed by atoms with Crippen molar-refractivity contribution in [2.75, 3.05) is 0 Å². The van der Waals surface area contributed by atoms with E-state index in [1.54, 1.807) is 0 Å². The molecule has 0 unspecified atom stereocenters. The number of aryl methyl sites for hydroxylation is 1. The van der Waals surface area contributed by atoms with Gasteiger partial charge in [0.25, 0.3) is 0 Å². The lowest BCUT2D eigenvalue weighted by Gasteiger charge is -2.12. The monoisotopic (exact) mass is 304 g/mol. The number of hydrogen-bond acceptors (Lipinski definition) is 1. The number of carboxylic acids is 1. The van der Waals surface area contributed by atoms with Crippen molar-refractivity contribution in [3.8, 4) is 0 Å². The van der Waals surface area contributed by atoms with Crippen molar-refractivity contribution < 1.29 is 9.90 Å². The summed E-state index contributed by atoms with van der Waals surface area (Å²) in [5.41, 5.74) is 2.37. The van der Waals surface area contributed by atoms with Crippen LogP contribution in [0.15, 0.2) is 12.1 Å². The van der Waals surface area contributed by atoms with E-state index in [0.717, 1.165) is 14.7 Å². The van der Waals surface area contributed by atoms with Gasteiger partial charge in [0.1, 0.15) is 0 Å². The van der Waals surface area contributed by atoms with Crippen LogP contribution in [-0.2, 0) is 0 Å². The summed E-state index contributed by atoms with van der Waals surface area (Å²) in [5, 5.41) is 9.05. The fourth-order valence-corrected chi connectivity index (χ4v) is 2.86. The number of benzene rings is 1. The maximum atomic E-state index is 11.0. The molecule has 0 aromatic heterocycles. The summed E-state index contributed by atoms with van der Waals surface area (Å²) in [6, 6.07) is 3.88. The first-order valence-electron chi connectivity index (χ1n) is 4.47. The SMILES string of the molecule is Cc1ccc(C(C)C)c(I)c1C(=O)O. The predicted molar refractivity (Wildman–Crippen MR) is 64.9 cm³/mol. The van der Waals surface area contributed by atoms with Crippen molar-refractivity contribution in [1.82, 2.24) is 0 Å². The van der Waals surface area contributed by atoms with E-state index in [4.69, 9.17) is 5.11 Å². The van der Waals surface area contributed by atoms with Crippen molar-refractivity contribution in [1.29, 1.82) is 0 Å². The molecule has 1 aromatic rings. The molecule has 1 aromatic carbocycles. The Morgan fingerprint density at radius 2 is 2.00 bits per heavy atom. The first-order chi connectivity index (χ1) is 6.45. The molecule has 0 saturated heterocycles. The maximum Gasteiger partial charge on any atom is 0.337 e. The lowest BCUT2D eigenvalue weighted by atomic mass is 9.98. The molecule has 1 N–H and O–H groups in total. The van der Waals surface area contributed by atoms with E-state index >= 15 is 0 Å². The standard InChI is InChI=1S/C11H13IO2/c1-6(2)8-5-4-7(3)9(10(8)12)11(13)14/h4-6H,1-3H3,(H,13,14). The van der Waals surface area contributed by atoms with Gasteiger partial charge >= 0.3 is 5.97 Å². The molecule has 76 valence electrons. The number of hydrogen-bond donors (Lipinski definition) is 1. The molecule has 0 saturated carbocycles. The molecular formula is C11H13IO2. The third kappa shape index (κ3) is 2.08. The van der Waals surface area contributed by atoms with Crippen LogP contribution in [0, 0.1) is 10.5 Å². The molecule has 0 aliphatic heterocycles. The van der Waals surface area contributed by atoms with Gasteiger partial charge in [-0.2, -0.15) is 0 Å². The van der Waals surface area contributed by atoms with Gasteiger partial charge in [-0.05, 0) is 46.6 Å². The number of aromatic carboxylic acids is 1. The Labute approximate surface area is 97.5 Å². The van der Waals surface area contributed by atoms with E-state index in [1.165, 1.54) is 0 Å². The molecular weight excluding hydrogens is 291 g/mol. The van der Waals surface area contributed by atoms with Crippen molar-refractivity contribution >= 4 is 28.6 Å². The van der Waals surface area contributed by atoms with Gasteiger partial charge < -0.3 is 5.11 Å². The molecule has 3 heteroatoms. The predicted octanol–water partition coefficient (Wildman–Crippen LogP) is 3.42. The minimum absolute atomic E-state index is 0.362. The molecule has 0 aliphatic carbocycles. The van der Waals surface area contributed by atoms with Gasteiger partial charge in [-0.15, -0.1) is 0 Å². The summed E-state index contributed by atoms with van der Waals surface area (Å²) in [7, 11) is 0. The highest BCUT2D eigenvalue weighted by atomic mass is 127. The molecule has 1 rings (SSSR count). The fourth-order valence-electron chi connectivity index (χ4n) is 1.40. The van der Waals surface area contributed by atoms with Crippen molar-refractivity contribution in [3.63, 3.8) is 0 Å². The average Bonchev–Trinajstić information content (AvgIpc) is 2.02. The van der Waals surface area contributed by atoms with Crippen LogP contribution in [0.5, 0.6) is 0 Å². The third-order valence-electron chi connectivity index (χ3n) is 2.22. The van der Waals surface area contributed by atoms with E-state index in [0.29, 0.717) is 11.5 Å². The molecule has 14 heavy (non-hydrogen) atoms. The summed E-state index contributed by atoms with van der Waals surface area (Å²) >= 11 is 2.12. The molecule has 0 heterocycles. The minimum Gasteiger partial charge on any atom is -0.478 e. The number of rotatable bonds is 2. The quantitative estimate of drug-likeness (QED) is 0.850. The van der Waals surface area contributed by atoms with Crippen molar-refractivity contribution in [2.45, 2.75) is 26.7 Å². The summed E-state index contributed by atoms with van der Waals surface area (Å²) in [6.07, 6.45) is 0. The second kappa shape index (κ2) is 4.29. The van der Waals surface area contributed by atoms with E-state index in [1.807, 2.05) is 19.1 Å². The fraction of sp³-hybridized carbons (Fsp3) is 0.364. The molecule has 0 aliphatic rings. The Kier molecular flexibility index (Phi) is 3.53. The molecule has 0 bridgehead atoms. The molecule has 0 spiro atoms. The van der Waals surface area contributed by atoms with E-state index < -0.39 is 5.97 Å². The zero-order valence-corrected chi connectivity index (χ0v) is 10.6. The highest BCUT2D eigenvalue weighted by Crippen LogP contribution is 2.26. The highest BCUT2D eigenvalue weighted by Gasteiger charge is 2.16. The Bertz CT molecular complexity index is 370. The Hall–Kier alpha value is -0.580. The van der Waals surface area contributed by atoms with Gasteiger partial charge in [0.05, 0.1) is 5.56 Å². The van der Waals surface area contributed by atoms with Crippen LogP contribution in [0.1, 0.15) is 41.3 Å². The largest absolute Gasteiger partial charge is 0.478 e. The van der Waals surface area contributed by atoms with Gasteiger partial charge in [-0.1, -0.05) is 26.0 Å². The lowest BCUT2D eigenvalue weighted by Crippen LogP contribution is -2.06. The average molecular weight is 304 g/mol. The Morgan fingerprint density at radius 1 is 1.43 bits per heavy atom. The van der Waals surface area contributed by atoms with Gasteiger partial charge in [-0.3, -0.25) is 0 Å². The zero-order valence-electron chi connectivity index (χ0n) is 8.47. The lowest BCUT2D eigenvalue weighted by molar-refractivity contribution is 0.0695. The molecule has 0 fully saturated rings. The van der Waals surface area contributed by atoms with Crippen molar-refractivity contribution in [2.24, 2.45) is 0 Å². The second-order valence-corrected chi connectivity index (χ2v) is 4.70. The highest BCUT2D eigenvalue weighted by molar-refractivity contribution is 14.1. The van der Waals surface area contributed by atoms with Crippen LogP contribution in [-0.4, -0.2) is 11.1 Å². The first-order valence-corrected chi connectivity index (χ1v) is 5.55. The van der Waals surface area contributed by atoms with Crippen LogP contribution in [0.3, 0.4) is 0 Å². The number of halogens is 1. The molecule has 0 amide bonds. The van der Waals surface area contributed by atoms with Crippen LogP contribution in [0.4, 0.5) is 0 Å². The normalized spacial score (nSPS) is 10.6. The van der Waals surface area contributed by atoms with E-state index in [9.17, 15) is 4.79 Å². The maximum absolute atomic E-state index is 11.0. The number of carbonyl (C=O) groups is 1. The third-order valence-corrected chi connectivity index (χ3v) is 3.38. The topological polar surface area (TPSA) is 37.3 Å². The van der Waals surface area contributed by atoms with Gasteiger partial charge in [0.2, 0.25) is 0 Å². The smallest absolute Gasteiger partial charge is 0.337 e. The molecule has 0 radical (unpaired) electrons. The molecule has 2 nitrogen and oxygen atoms in total. The summed E-state index contributed by atoms with van der Waals surface area (Å²) < 4.78 is 0.866. The second-order valence-electron chi connectivity index (χ2n) is 3.62. The number of carboxylic acid groups (broad SMARTS) is 1. The Balaban J connectivity index is 3.41. The van der Waals surface area contributed by atoms with Gasteiger partial charge in [0, 0.05) is 3.57 Å². The van der Waals surface area contributed by atoms with E-state index in [2.05, 4.69) is 36.4 Å². The van der Waals surface area contributed by atoms with Crippen LogP contribution >= 0.6 is 22.6 Å². The summed E-state index contributed by atoms with van der Waals surface area (Å²) in [4.78, 5) is 11.0. The summed E-state index contributed by atoms with van der Waals surface area (Å²) in [6.45, 7) is 5.96. The first kappa shape index (κ1) is 11.5. The van der Waals surface area contributed by atoms with Gasteiger partial charge in [-0.25, -0.2) is 4.79 Å². The van der Waals surface area contributed by atoms with Crippen LogP contribution in [0.2, 0.25) is 0 Å². The van der Waals surface area contributed by atoms with Crippen LogP contribution in [0.25, 0.3) is 0 Å². The summed E-state index contributed by atoms with van der Waals surface area (Å²) in [5.74, 6) is -0.477. The van der Waals surface area contributed by atoms with Crippen LogP contribution < -0.4 is 0 Å². The zero-order chi connectivity index (χ0) is 10.9. The van der Waals surface area contributed by atoms with Crippen molar-refractivity contribution in [3.05, 3.63) is 32.4 Å². The molecule has 0 atom stereocenters. The minimum atomic E-state index is -0.839. The van der Waals surface area contributed by atoms with Gasteiger partial charge in [0.15, 0.2) is 0 Å².